The number of rotatable bonds is 4. The van der Waals surface area contributed by atoms with E-state index in [-0.39, 0.29) is 6.61 Å². The summed E-state index contributed by atoms with van der Waals surface area (Å²) in [6, 6.07) is 7.93. The summed E-state index contributed by atoms with van der Waals surface area (Å²) < 4.78 is 26.0. The lowest BCUT2D eigenvalue weighted by Crippen LogP contribution is -2.06. The topological polar surface area (TPSA) is 43.4 Å². The maximum absolute atomic E-state index is 10.7. The van der Waals surface area contributed by atoms with Gasteiger partial charge in [-0.1, -0.05) is 29.8 Å². The first-order valence-electron chi connectivity index (χ1n) is 4.37. The molecule has 3 nitrogen and oxygen atoms in total. The van der Waals surface area contributed by atoms with Crippen LogP contribution in [-0.2, 0) is 20.7 Å². The quantitative estimate of drug-likeness (QED) is 0.714. The van der Waals surface area contributed by atoms with Gasteiger partial charge in [0.25, 0.3) is 10.1 Å². The maximum Gasteiger partial charge on any atom is 0.264 e. The smallest absolute Gasteiger partial charge is 0.264 e. The summed E-state index contributed by atoms with van der Waals surface area (Å²) in [5.41, 5.74) is 2.26. The fourth-order valence-corrected chi connectivity index (χ4v) is 1.56. The van der Waals surface area contributed by atoms with E-state index < -0.39 is 10.1 Å². The highest BCUT2D eigenvalue weighted by molar-refractivity contribution is 7.85. The van der Waals surface area contributed by atoms with Crippen molar-refractivity contribution in [2.75, 3.05) is 12.9 Å². The van der Waals surface area contributed by atoms with Gasteiger partial charge in [-0.3, -0.25) is 4.18 Å². The summed E-state index contributed by atoms with van der Waals surface area (Å²) in [5.74, 6) is 0. The molecule has 0 spiro atoms. The van der Waals surface area contributed by atoms with Crippen LogP contribution in [0.5, 0.6) is 0 Å². The molecule has 1 rings (SSSR count). The van der Waals surface area contributed by atoms with E-state index in [4.69, 9.17) is 0 Å². The fourth-order valence-electron chi connectivity index (χ4n) is 1.18. The molecule has 0 unspecified atom stereocenters. The normalized spacial score (nSPS) is 11.6. The van der Waals surface area contributed by atoms with Crippen LogP contribution in [0.3, 0.4) is 0 Å². The van der Waals surface area contributed by atoms with E-state index in [1.54, 1.807) is 0 Å². The fraction of sp³-hybridized carbons (Fsp3) is 0.400. The first kappa shape index (κ1) is 11.2. The Morgan fingerprint density at radius 3 is 2.64 bits per heavy atom. The van der Waals surface area contributed by atoms with Crippen molar-refractivity contribution in [3.05, 3.63) is 35.4 Å². The van der Waals surface area contributed by atoms with Crippen LogP contribution < -0.4 is 0 Å². The highest BCUT2D eigenvalue weighted by Gasteiger charge is 2.01. The molecule has 0 saturated carbocycles. The third kappa shape index (κ3) is 4.39. The third-order valence-electron chi connectivity index (χ3n) is 1.77. The molecule has 0 aliphatic carbocycles. The van der Waals surface area contributed by atoms with Crippen LogP contribution in [0.2, 0.25) is 0 Å². The molecule has 14 heavy (non-hydrogen) atoms. The van der Waals surface area contributed by atoms with Crippen molar-refractivity contribution >= 4 is 10.1 Å². The molecule has 0 N–H and O–H groups in total. The standard InChI is InChI=1S/C10H14O3S/c1-9-4-3-5-10(8-9)6-7-13-14(2,11)12/h3-5,8H,6-7H2,1-2H3. The van der Waals surface area contributed by atoms with Crippen molar-refractivity contribution in [3.8, 4) is 0 Å². The Kier molecular flexibility index (Phi) is 3.66. The molecule has 0 amide bonds. The first-order valence-corrected chi connectivity index (χ1v) is 6.19. The SMILES string of the molecule is Cc1cccc(CCOS(C)(=O)=O)c1. The molecule has 0 aliphatic heterocycles. The largest absolute Gasteiger partial charge is 0.270 e. The molecule has 78 valence electrons. The van der Waals surface area contributed by atoms with Crippen molar-refractivity contribution in [1.82, 2.24) is 0 Å². The predicted octanol–water partition coefficient (Wildman–Crippen LogP) is 1.51. The first-order chi connectivity index (χ1) is 6.47. The average Bonchev–Trinajstić information content (AvgIpc) is 2.01. The summed E-state index contributed by atoms with van der Waals surface area (Å²) in [6.45, 7) is 2.21. The lowest BCUT2D eigenvalue weighted by molar-refractivity contribution is 0.326. The molecule has 0 aromatic heterocycles. The summed E-state index contributed by atoms with van der Waals surface area (Å²) >= 11 is 0. The molecule has 1 aromatic carbocycles. The van der Waals surface area contributed by atoms with E-state index in [1.807, 2.05) is 31.2 Å². The second-order valence-corrected chi connectivity index (χ2v) is 4.91. The number of benzene rings is 1. The van der Waals surface area contributed by atoms with Crippen LogP contribution in [0.1, 0.15) is 11.1 Å². The Morgan fingerprint density at radius 1 is 1.36 bits per heavy atom. The van der Waals surface area contributed by atoms with Gasteiger partial charge in [0, 0.05) is 0 Å². The highest BCUT2D eigenvalue weighted by Crippen LogP contribution is 2.05. The Bertz CT molecular complexity index is 396. The second kappa shape index (κ2) is 4.57. The molecule has 0 bridgehead atoms. The zero-order chi connectivity index (χ0) is 10.6. The van der Waals surface area contributed by atoms with E-state index in [0.29, 0.717) is 6.42 Å². The Balaban J connectivity index is 2.47. The summed E-state index contributed by atoms with van der Waals surface area (Å²) in [4.78, 5) is 0. The monoisotopic (exact) mass is 214 g/mol. The van der Waals surface area contributed by atoms with Crippen molar-refractivity contribution in [3.63, 3.8) is 0 Å². The second-order valence-electron chi connectivity index (χ2n) is 3.27. The Hall–Kier alpha value is -0.870. The van der Waals surface area contributed by atoms with Crippen LogP contribution in [0.25, 0.3) is 0 Å². The molecule has 4 heteroatoms. The summed E-state index contributed by atoms with van der Waals surface area (Å²) in [5, 5.41) is 0. The molecule has 0 saturated heterocycles. The van der Waals surface area contributed by atoms with Gasteiger partial charge in [0.05, 0.1) is 12.9 Å². The van der Waals surface area contributed by atoms with Gasteiger partial charge >= 0.3 is 0 Å². The van der Waals surface area contributed by atoms with Crippen molar-refractivity contribution in [2.24, 2.45) is 0 Å². The van der Waals surface area contributed by atoms with Crippen molar-refractivity contribution < 1.29 is 12.6 Å². The van der Waals surface area contributed by atoms with Crippen LogP contribution in [0, 0.1) is 6.92 Å². The van der Waals surface area contributed by atoms with Crippen molar-refractivity contribution in [1.29, 1.82) is 0 Å². The molecule has 0 atom stereocenters. The Morgan fingerprint density at radius 2 is 2.07 bits per heavy atom. The lowest BCUT2D eigenvalue weighted by atomic mass is 10.1. The van der Waals surface area contributed by atoms with Gasteiger partial charge in [0.15, 0.2) is 0 Å². The van der Waals surface area contributed by atoms with Gasteiger partial charge in [-0.2, -0.15) is 8.42 Å². The number of hydrogen-bond donors (Lipinski definition) is 0. The van der Waals surface area contributed by atoms with Gasteiger partial charge in [-0.15, -0.1) is 0 Å². The maximum atomic E-state index is 10.7. The van der Waals surface area contributed by atoms with Crippen molar-refractivity contribution in [2.45, 2.75) is 13.3 Å². The lowest BCUT2D eigenvalue weighted by Gasteiger charge is -2.02. The van der Waals surface area contributed by atoms with Gasteiger partial charge in [0.1, 0.15) is 0 Å². The minimum Gasteiger partial charge on any atom is -0.270 e. The number of aryl methyl sites for hydroxylation is 1. The van der Waals surface area contributed by atoms with Crippen LogP contribution in [-0.4, -0.2) is 21.3 Å². The Labute approximate surface area is 84.8 Å². The molecular formula is C10H14O3S. The van der Waals surface area contributed by atoms with Gasteiger partial charge in [-0.25, -0.2) is 0 Å². The predicted molar refractivity (Wildman–Crippen MR) is 55.7 cm³/mol. The molecule has 0 heterocycles. The van der Waals surface area contributed by atoms with Crippen LogP contribution >= 0.6 is 0 Å². The minimum atomic E-state index is -3.30. The van der Waals surface area contributed by atoms with Gasteiger partial charge in [0.2, 0.25) is 0 Å². The number of hydrogen-bond acceptors (Lipinski definition) is 3. The van der Waals surface area contributed by atoms with E-state index in [9.17, 15) is 8.42 Å². The van der Waals surface area contributed by atoms with Crippen LogP contribution in [0.15, 0.2) is 24.3 Å². The van der Waals surface area contributed by atoms with Crippen LogP contribution in [0.4, 0.5) is 0 Å². The molecule has 0 aliphatic rings. The highest BCUT2D eigenvalue weighted by atomic mass is 32.2. The van der Waals surface area contributed by atoms with E-state index >= 15 is 0 Å². The molecule has 0 fully saturated rings. The summed E-state index contributed by atoms with van der Waals surface area (Å²) in [6.07, 6.45) is 1.68. The minimum absolute atomic E-state index is 0.211. The van der Waals surface area contributed by atoms with E-state index in [2.05, 4.69) is 4.18 Å². The molecular weight excluding hydrogens is 200 g/mol. The average molecular weight is 214 g/mol. The third-order valence-corrected chi connectivity index (χ3v) is 2.37. The van der Waals surface area contributed by atoms with E-state index in [1.165, 1.54) is 5.56 Å². The molecule has 1 aromatic rings. The zero-order valence-corrected chi connectivity index (χ0v) is 9.17. The van der Waals surface area contributed by atoms with E-state index in [0.717, 1.165) is 11.8 Å². The zero-order valence-electron chi connectivity index (χ0n) is 8.36. The summed E-state index contributed by atoms with van der Waals surface area (Å²) in [7, 11) is -3.30. The van der Waals surface area contributed by atoms with Gasteiger partial charge in [-0.05, 0) is 18.9 Å². The van der Waals surface area contributed by atoms with Gasteiger partial charge < -0.3 is 0 Å². The molecule has 0 radical (unpaired) electrons.